The van der Waals surface area contributed by atoms with Gasteiger partial charge in [0.05, 0.1) is 0 Å². The first kappa shape index (κ1) is 11.7. The van der Waals surface area contributed by atoms with E-state index in [0.717, 1.165) is 4.64 Å². The molecule has 1 N–H and O–H groups in total. The largest absolute Gasteiger partial charge is 0.354 e. The minimum absolute atomic E-state index is 0.354. The Balaban J connectivity index is 3.23. The van der Waals surface area contributed by atoms with Crippen molar-refractivity contribution >= 4 is 25.6 Å². The van der Waals surface area contributed by atoms with Crippen LogP contribution in [0.25, 0.3) is 0 Å². The van der Waals surface area contributed by atoms with Crippen LogP contribution in [0.5, 0.6) is 0 Å². The molecular weight excluding hydrogens is 206 g/mol. The lowest BCUT2D eigenvalue weighted by atomic mass is 10.2. The molecule has 0 fully saturated rings. The van der Waals surface area contributed by atoms with Gasteiger partial charge in [0.1, 0.15) is 12.7 Å². The summed E-state index contributed by atoms with van der Waals surface area (Å²) in [6, 6.07) is 6.16. The van der Waals surface area contributed by atoms with Gasteiger partial charge in [0.25, 0.3) is 0 Å². The van der Waals surface area contributed by atoms with Crippen molar-refractivity contribution in [2.45, 2.75) is 38.9 Å². The van der Waals surface area contributed by atoms with Crippen molar-refractivity contribution in [1.82, 2.24) is 4.98 Å². The highest BCUT2D eigenvalue weighted by molar-refractivity contribution is 7.71. The van der Waals surface area contributed by atoms with Gasteiger partial charge in [0.2, 0.25) is 0 Å². The number of H-pyrrole nitrogens is 1. The van der Waals surface area contributed by atoms with Gasteiger partial charge in [-0.15, -0.1) is 0 Å². The van der Waals surface area contributed by atoms with Crippen molar-refractivity contribution in [1.29, 1.82) is 0 Å². The molecule has 1 heterocycles. The van der Waals surface area contributed by atoms with Crippen molar-refractivity contribution in [3.63, 3.8) is 0 Å². The number of aromatic amines is 1. The van der Waals surface area contributed by atoms with E-state index in [0.29, 0.717) is 5.04 Å². The van der Waals surface area contributed by atoms with Gasteiger partial charge in [0, 0.05) is 0 Å². The summed E-state index contributed by atoms with van der Waals surface area (Å²) in [5.74, 6) is 0. The predicted molar refractivity (Wildman–Crippen MR) is 68.5 cm³/mol. The molecule has 1 aromatic heterocycles. The minimum Gasteiger partial charge on any atom is -0.354 e. The van der Waals surface area contributed by atoms with Gasteiger partial charge < -0.3 is 4.98 Å². The van der Waals surface area contributed by atoms with Crippen molar-refractivity contribution in [2.24, 2.45) is 0 Å². The third kappa shape index (κ3) is 2.15. The second kappa shape index (κ2) is 3.63. The summed E-state index contributed by atoms with van der Waals surface area (Å²) in [6.45, 7) is 11.7. The van der Waals surface area contributed by atoms with Crippen LogP contribution in [0.1, 0.15) is 20.8 Å². The molecule has 14 heavy (non-hydrogen) atoms. The SMILES string of the molecule is CC(C)(C)[Si](C)(C)c1cccc(=S)[nH]1. The second-order valence-electron chi connectivity index (χ2n) is 5.30. The fourth-order valence-corrected chi connectivity index (χ4v) is 3.26. The van der Waals surface area contributed by atoms with Gasteiger partial charge in [-0.3, -0.25) is 0 Å². The van der Waals surface area contributed by atoms with E-state index in [2.05, 4.69) is 51.0 Å². The summed E-state index contributed by atoms with van der Waals surface area (Å²) >= 11 is 5.16. The fourth-order valence-electron chi connectivity index (χ4n) is 1.22. The van der Waals surface area contributed by atoms with Crippen molar-refractivity contribution in [2.75, 3.05) is 0 Å². The summed E-state index contributed by atoms with van der Waals surface area (Å²) in [4.78, 5) is 3.33. The lowest BCUT2D eigenvalue weighted by Gasteiger charge is -2.36. The van der Waals surface area contributed by atoms with Crippen LogP contribution in [0.2, 0.25) is 18.1 Å². The fraction of sp³-hybridized carbons (Fsp3) is 0.545. The number of rotatable bonds is 1. The number of pyridine rings is 1. The van der Waals surface area contributed by atoms with E-state index in [4.69, 9.17) is 12.2 Å². The van der Waals surface area contributed by atoms with Gasteiger partial charge in [-0.25, -0.2) is 0 Å². The molecule has 0 saturated carbocycles. The maximum atomic E-state index is 5.16. The van der Waals surface area contributed by atoms with E-state index in [1.165, 1.54) is 5.32 Å². The Kier molecular flexibility index (Phi) is 3.02. The molecular formula is C11H19NSSi. The highest BCUT2D eigenvalue weighted by atomic mass is 32.1. The molecule has 78 valence electrons. The summed E-state index contributed by atoms with van der Waals surface area (Å²) in [5.41, 5.74) is 0. The minimum atomic E-state index is -1.43. The number of aromatic nitrogens is 1. The number of nitrogens with one attached hydrogen (secondary N) is 1. The first-order valence-corrected chi connectivity index (χ1v) is 8.36. The molecule has 0 bridgehead atoms. The van der Waals surface area contributed by atoms with Crippen LogP contribution >= 0.6 is 12.2 Å². The monoisotopic (exact) mass is 225 g/mol. The third-order valence-corrected chi connectivity index (χ3v) is 8.94. The Morgan fingerprint density at radius 1 is 1.21 bits per heavy atom. The molecule has 0 aliphatic heterocycles. The van der Waals surface area contributed by atoms with E-state index < -0.39 is 8.07 Å². The van der Waals surface area contributed by atoms with E-state index in [-0.39, 0.29) is 0 Å². The van der Waals surface area contributed by atoms with Crippen molar-refractivity contribution in [3.8, 4) is 0 Å². The zero-order valence-electron chi connectivity index (χ0n) is 9.64. The molecule has 1 aromatic rings. The van der Waals surface area contributed by atoms with Gasteiger partial charge in [-0.05, 0) is 22.5 Å². The second-order valence-corrected chi connectivity index (χ2v) is 11.0. The van der Waals surface area contributed by atoms with Crippen LogP contribution in [0, 0.1) is 4.64 Å². The number of hydrogen-bond acceptors (Lipinski definition) is 1. The maximum absolute atomic E-state index is 5.16. The molecule has 0 atom stereocenters. The molecule has 0 aromatic carbocycles. The first-order chi connectivity index (χ1) is 6.25. The zero-order chi connectivity index (χ0) is 11.0. The smallest absolute Gasteiger partial charge is 0.106 e. The molecule has 0 unspecified atom stereocenters. The van der Waals surface area contributed by atoms with E-state index in [1.807, 2.05) is 6.07 Å². The van der Waals surface area contributed by atoms with E-state index in [9.17, 15) is 0 Å². The molecule has 0 spiro atoms. The van der Waals surface area contributed by atoms with Crippen LogP contribution < -0.4 is 5.32 Å². The standard InChI is InChI=1S/C11H19NSSi/c1-11(2,3)14(4,5)10-8-6-7-9(13)12-10/h6-8H,1-5H3,(H,12,13). The van der Waals surface area contributed by atoms with Crippen LogP contribution in [0.15, 0.2) is 18.2 Å². The Morgan fingerprint density at radius 2 is 1.79 bits per heavy atom. The van der Waals surface area contributed by atoms with Crippen LogP contribution in [-0.2, 0) is 0 Å². The number of hydrogen-bond donors (Lipinski definition) is 1. The quantitative estimate of drug-likeness (QED) is 0.572. The Bertz CT molecular complexity index is 373. The Labute approximate surface area is 92.6 Å². The van der Waals surface area contributed by atoms with Crippen LogP contribution in [0.3, 0.4) is 0 Å². The summed E-state index contributed by atoms with van der Waals surface area (Å²) in [6.07, 6.45) is 0. The van der Waals surface area contributed by atoms with Crippen LogP contribution in [0.4, 0.5) is 0 Å². The predicted octanol–water partition coefficient (Wildman–Crippen LogP) is 3.46. The molecule has 1 rings (SSSR count). The molecule has 0 aliphatic rings. The molecule has 0 amide bonds. The van der Waals surface area contributed by atoms with Gasteiger partial charge >= 0.3 is 0 Å². The van der Waals surface area contributed by atoms with E-state index in [1.54, 1.807) is 0 Å². The molecule has 1 nitrogen and oxygen atoms in total. The van der Waals surface area contributed by atoms with Crippen molar-refractivity contribution in [3.05, 3.63) is 22.8 Å². The Morgan fingerprint density at radius 3 is 2.21 bits per heavy atom. The first-order valence-electron chi connectivity index (χ1n) is 4.95. The summed E-state index contributed by atoms with van der Waals surface area (Å²) in [5, 5.41) is 1.70. The summed E-state index contributed by atoms with van der Waals surface area (Å²) < 4.78 is 0.840. The molecule has 0 radical (unpaired) electrons. The highest BCUT2D eigenvalue weighted by Crippen LogP contribution is 2.34. The molecule has 0 saturated heterocycles. The third-order valence-electron chi connectivity index (χ3n) is 3.32. The maximum Gasteiger partial charge on any atom is 0.106 e. The van der Waals surface area contributed by atoms with E-state index >= 15 is 0 Å². The lowest BCUT2D eigenvalue weighted by molar-refractivity contribution is 0.728. The highest BCUT2D eigenvalue weighted by Gasteiger charge is 2.37. The topological polar surface area (TPSA) is 15.8 Å². The average molecular weight is 225 g/mol. The normalized spacial score (nSPS) is 12.9. The average Bonchev–Trinajstić information content (AvgIpc) is 2.02. The zero-order valence-corrected chi connectivity index (χ0v) is 11.5. The molecule has 0 aliphatic carbocycles. The van der Waals surface area contributed by atoms with Gasteiger partial charge in [-0.2, -0.15) is 0 Å². The van der Waals surface area contributed by atoms with Gasteiger partial charge in [-0.1, -0.05) is 52.1 Å². The summed E-state index contributed by atoms with van der Waals surface area (Å²) in [7, 11) is -1.43. The van der Waals surface area contributed by atoms with Gasteiger partial charge in [0.15, 0.2) is 0 Å². The van der Waals surface area contributed by atoms with Crippen molar-refractivity contribution < 1.29 is 0 Å². The lowest BCUT2D eigenvalue weighted by Crippen LogP contribution is -2.50. The molecule has 3 heteroatoms. The van der Waals surface area contributed by atoms with Crippen LogP contribution in [-0.4, -0.2) is 13.1 Å². The Hall–Kier alpha value is -0.413.